The number of nitrogens with zero attached hydrogens (tertiary/aromatic N) is 1. The van der Waals surface area contributed by atoms with Gasteiger partial charge in [-0.3, -0.25) is 19.7 Å². The van der Waals surface area contributed by atoms with Gasteiger partial charge in [-0.05, 0) is 34.9 Å². The van der Waals surface area contributed by atoms with Gasteiger partial charge >= 0.3 is 0 Å². The normalized spacial score (nSPS) is 19.3. The van der Waals surface area contributed by atoms with Crippen LogP contribution in [0.5, 0.6) is 5.75 Å². The molecule has 1 aromatic carbocycles. The molecule has 152 valence electrons. The summed E-state index contributed by atoms with van der Waals surface area (Å²) in [7, 11) is 0. The van der Waals surface area contributed by atoms with Crippen molar-refractivity contribution in [1.82, 2.24) is 10.2 Å². The van der Waals surface area contributed by atoms with Gasteiger partial charge in [-0.1, -0.05) is 32.9 Å². The summed E-state index contributed by atoms with van der Waals surface area (Å²) in [6, 6.07) is 7.49. The molecule has 1 atom stereocenters. The number of thiophene rings is 1. The van der Waals surface area contributed by atoms with Crippen LogP contribution in [0.3, 0.4) is 0 Å². The van der Waals surface area contributed by atoms with Crippen molar-refractivity contribution in [2.24, 2.45) is 0 Å². The Hall–Kier alpha value is -2.67. The summed E-state index contributed by atoms with van der Waals surface area (Å²) in [6.07, 6.45) is 0.631. The molecule has 0 radical (unpaired) electrons. The molecule has 29 heavy (non-hydrogen) atoms. The second-order valence-corrected chi connectivity index (χ2v) is 9.41. The van der Waals surface area contributed by atoms with E-state index in [4.69, 9.17) is 4.74 Å². The highest BCUT2D eigenvalue weighted by molar-refractivity contribution is 7.12. The standard InChI is InChI=1S/C22H24N2O4S/c1-22(2,3)14-4-6-15(7-5-14)28-11-13-12-29-19-16(13)10-24(21(19)27)17-8-9-18(25)23-20(17)26/h4-7,12,17H,8-11H2,1-3H3,(H,23,25,26)/t17-/m0/s1. The maximum Gasteiger partial charge on any atom is 0.265 e. The highest BCUT2D eigenvalue weighted by atomic mass is 32.1. The van der Waals surface area contributed by atoms with E-state index in [1.54, 1.807) is 4.90 Å². The topological polar surface area (TPSA) is 75.7 Å². The lowest BCUT2D eigenvalue weighted by Crippen LogP contribution is -2.52. The van der Waals surface area contributed by atoms with Crippen molar-refractivity contribution >= 4 is 29.1 Å². The van der Waals surface area contributed by atoms with E-state index < -0.39 is 6.04 Å². The summed E-state index contributed by atoms with van der Waals surface area (Å²) >= 11 is 1.39. The first-order valence-electron chi connectivity index (χ1n) is 9.71. The molecule has 0 unspecified atom stereocenters. The molecule has 4 rings (SSSR count). The Morgan fingerprint density at radius 2 is 1.90 bits per heavy atom. The fourth-order valence-corrected chi connectivity index (χ4v) is 4.73. The Morgan fingerprint density at radius 1 is 1.17 bits per heavy atom. The number of hydrogen-bond acceptors (Lipinski definition) is 5. The van der Waals surface area contributed by atoms with E-state index in [1.807, 2.05) is 17.5 Å². The minimum absolute atomic E-state index is 0.0898. The van der Waals surface area contributed by atoms with Crippen molar-refractivity contribution in [3.05, 3.63) is 51.2 Å². The molecule has 2 aromatic rings. The van der Waals surface area contributed by atoms with E-state index in [1.165, 1.54) is 16.9 Å². The van der Waals surface area contributed by atoms with Gasteiger partial charge in [0.25, 0.3) is 5.91 Å². The molecule has 2 aliphatic rings. The quantitative estimate of drug-likeness (QED) is 0.781. The summed E-state index contributed by atoms with van der Waals surface area (Å²) in [5, 5.41) is 4.28. The Kier molecular flexibility index (Phi) is 4.94. The van der Waals surface area contributed by atoms with Crippen LogP contribution in [0.1, 0.15) is 60.0 Å². The van der Waals surface area contributed by atoms with Gasteiger partial charge in [0.2, 0.25) is 11.8 Å². The molecule has 3 amide bonds. The molecular weight excluding hydrogens is 388 g/mol. The highest BCUT2D eigenvalue weighted by Crippen LogP contribution is 2.35. The number of nitrogens with one attached hydrogen (secondary N) is 1. The van der Waals surface area contributed by atoms with Crippen molar-refractivity contribution in [2.75, 3.05) is 0 Å². The second kappa shape index (κ2) is 7.30. The third kappa shape index (κ3) is 3.79. The Morgan fingerprint density at radius 3 is 2.55 bits per heavy atom. The molecule has 1 fully saturated rings. The zero-order valence-corrected chi connectivity index (χ0v) is 17.6. The highest BCUT2D eigenvalue weighted by Gasteiger charge is 2.40. The van der Waals surface area contributed by atoms with Crippen LogP contribution in [0.2, 0.25) is 0 Å². The summed E-state index contributed by atoms with van der Waals surface area (Å²) < 4.78 is 5.95. The van der Waals surface area contributed by atoms with Gasteiger partial charge in [0, 0.05) is 24.1 Å². The van der Waals surface area contributed by atoms with Gasteiger partial charge in [0.1, 0.15) is 18.4 Å². The Bertz CT molecular complexity index is 972. The molecule has 1 N–H and O–H groups in total. The molecule has 2 aliphatic heterocycles. The van der Waals surface area contributed by atoms with Crippen molar-refractivity contribution in [3.8, 4) is 5.75 Å². The molecular formula is C22H24N2O4S. The van der Waals surface area contributed by atoms with Crippen molar-refractivity contribution < 1.29 is 19.1 Å². The first kappa shape index (κ1) is 19.6. The lowest BCUT2D eigenvalue weighted by atomic mass is 9.87. The smallest absolute Gasteiger partial charge is 0.265 e. The molecule has 1 saturated heterocycles. The van der Waals surface area contributed by atoms with Crippen LogP contribution in [-0.4, -0.2) is 28.7 Å². The number of imide groups is 1. The van der Waals surface area contributed by atoms with Gasteiger partial charge in [-0.25, -0.2) is 0 Å². The maximum atomic E-state index is 12.8. The number of ether oxygens (including phenoxy) is 1. The third-order valence-corrected chi connectivity index (χ3v) is 6.52. The van der Waals surface area contributed by atoms with Crippen LogP contribution >= 0.6 is 11.3 Å². The second-order valence-electron chi connectivity index (χ2n) is 8.53. The number of hydrogen-bond donors (Lipinski definition) is 1. The van der Waals surface area contributed by atoms with Gasteiger partial charge in [-0.15, -0.1) is 11.3 Å². The van der Waals surface area contributed by atoms with Crippen LogP contribution in [0.4, 0.5) is 0 Å². The van der Waals surface area contributed by atoms with E-state index in [9.17, 15) is 14.4 Å². The van der Waals surface area contributed by atoms with Gasteiger partial charge in [0.15, 0.2) is 0 Å². The summed E-state index contributed by atoms with van der Waals surface area (Å²) in [6.45, 7) is 7.26. The molecule has 0 spiro atoms. The lowest BCUT2D eigenvalue weighted by Gasteiger charge is -2.29. The average molecular weight is 413 g/mol. The van der Waals surface area contributed by atoms with E-state index in [0.717, 1.165) is 16.9 Å². The zero-order valence-electron chi connectivity index (χ0n) is 16.8. The van der Waals surface area contributed by atoms with Crippen LogP contribution < -0.4 is 10.1 Å². The fraction of sp³-hybridized carbons (Fsp3) is 0.409. The number of fused-ring (bicyclic) bond motifs is 1. The van der Waals surface area contributed by atoms with Crippen molar-refractivity contribution in [2.45, 2.75) is 58.2 Å². The largest absolute Gasteiger partial charge is 0.489 e. The molecule has 0 bridgehead atoms. The molecule has 0 aliphatic carbocycles. The molecule has 0 saturated carbocycles. The van der Waals surface area contributed by atoms with Gasteiger partial charge in [0.05, 0.1) is 4.88 Å². The Balaban J connectivity index is 1.44. The predicted octanol–water partition coefficient (Wildman–Crippen LogP) is 3.39. The number of piperidine rings is 1. The number of benzene rings is 1. The molecule has 3 heterocycles. The Labute approximate surface area is 173 Å². The fourth-order valence-electron chi connectivity index (χ4n) is 3.71. The van der Waals surface area contributed by atoms with Crippen molar-refractivity contribution in [3.63, 3.8) is 0 Å². The molecule has 6 nitrogen and oxygen atoms in total. The summed E-state index contributed by atoms with van der Waals surface area (Å²) in [5.41, 5.74) is 3.22. The van der Waals surface area contributed by atoms with E-state index in [2.05, 4.69) is 38.2 Å². The molecule has 7 heteroatoms. The summed E-state index contributed by atoms with van der Waals surface area (Å²) in [5.74, 6) is -0.0229. The van der Waals surface area contributed by atoms with E-state index >= 15 is 0 Å². The average Bonchev–Trinajstić information content (AvgIpc) is 3.20. The van der Waals surface area contributed by atoms with Crippen LogP contribution in [0.15, 0.2) is 29.6 Å². The lowest BCUT2D eigenvalue weighted by molar-refractivity contribution is -0.136. The number of rotatable bonds is 4. The van der Waals surface area contributed by atoms with Crippen LogP contribution in [0, 0.1) is 0 Å². The minimum atomic E-state index is -0.585. The van der Waals surface area contributed by atoms with Crippen LogP contribution in [-0.2, 0) is 28.2 Å². The van der Waals surface area contributed by atoms with Gasteiger partial charge in [-0.2, -0.15) is 0 Å². The SMILES string of the molecule is CC(C)(C)c1ccc(OCc2csc3c2CN([C@H]2CCC(=O)NC2=O)C3=O)cc1. The van der Waals surface area contributed by atoms with E-state index in [-0.39, 0.29) is 29.6 Å². The van der Waals surface area contributed by atoms with Crippen LogP contribution in [0.25, 0.3) is 0 Å². The first-order chi connectivity index (χ1) is 13.7. The number of carbonyl (C=O) groups is 3. The third-order valence-electron chi connectivity index (χ3n) is 5.47. The number of carbonyl (C=O) groups excluding carboxylic acids is 3. The zero-order chi connectivity index (χ0) is 20.8. The molecule has 1 aromatic heterocycles. The minimum Gasteiger partial charge on any atom is -0.489 e. The van der Waals surface area contributed by atoms with Gasteiger partial charge < -0.3 is 9.64 Å². The maximum absolute atomic E-state index is 12.8. The first-order valence-corrected chi connectivity index (χ1v) is 10.6. The predicted molar refractivity (Wildman–Crippen MR) is 110 cm³/mol. The van der Waals surface area contributed by atoms with Crippen molar-refractivity contribution in [1.29, 1.82) is 0 Å². The summed E-state index contributed by atoms with van der Waals surface area (Å²) in [4.78, 5) is 38.6. The number of amides is 3. The monoisotopic (exact) mass is 412 g/mol. The van der Waals surface area contributed by atoms with E-state index in [0.29, 0.717) is 24.4 Å².